The average molecular weight is 1160 g/mol. The number of anilines is 8. The summed E-state index contributed by atoms with van der Waals surface area (Å²) in [6.45, 7) is 11.7. The van der Waals surface area contributed by atoms with E-state index in [1.54, 1.807) is 45.3 Å². The van der Waals surface area contributed by atoms with Crippen LogP contribution in [-0.2, 0) is 23.7 Å². The zero-order valence-electron chi connectivity index (χ0n) is 48.2. The Hall–Kier alpha value is -10.1. The summed E-state index contributed by atoms with van der Waals surface area (Å²) >= 11 is 0. The monoisotopic (exact) mass is 1160 g/mol. The van der Waals surface area contributed by atoms with E-state index in [-0.39, 0.29) is 34.6 Å². The number of pyridine rings is 1. The fourth-order valence-electron chi connectivity index (χ4n) is 8.12. The third kappa shape index (κ3) is 14.9. The Morgan fingerprint density at radius 1 is 0.595 bits per heavy atom. The van der Waals surface area contributed by atoms with Gasteiger partial charge in [-0.05, 0) is 95.3 Å². The summed E-state index contributed by atoms with van der Waals surface area (Å²) in [6, 6.07) is 15.4. The molecule has 4 N–H and O–H groups in total. The number of benzene rings is 4. The van der Waals surface area contributed by atoms with Crippen molar-refractivity contribution >= 4 is 79.9 Å². The number of carbonyl (C=O) groups is 2. The molecule has 0 saturated carbocycles. The summed E-state index contributed by atoms with van der Waals surface area (Å²) in [5.41, 5.74) is 4.11. The highest BCUT2D eigenvalue weighted by molar-refractivity contribution is 6.03. The summed E-state index contributed by atoms with van der Waals surface area (Å²) in [4.78, 5) is 80.3. The minimum absolute atomic E-state index is 0.102. The van der Waals surface area contributed by atoms with Crippen LogP contribution in [0.1, 0.15) is 5.56 Å². The van der Waals surface area contributed by atoms with Crippen molar-refractivity contribution in [3.8, 4) is 34.8 Å². The van der Waals surface area contributed by atoms with Crippen LogP contribution in [0.2, 0.25) is 0 Å². The number of hydrogen-bond acceptors (Lipinski definition) is 19. The molecule has 4 aromatic heterocycles. The van der Waals surface area contributed by atoms with Gasteiger partial charge in [-0.1, -0.05) is 13.2 Å². The molecule has 4 aromatic carbocycles. The quantitative estimate of drug-likeness (QED) is 0.0469. The van der Waals surface area contributed by atoms with E-state index >= 15 is 0 Å². The summed E-state index contributed by atoms with van der Waals surface area (Å²) in [6.07, 6.45) is 5.24. The van der Waals surface area contributed by atoms with E-state index in [4.69, 9.17) is 18.9 Å². The molecule has 0 saturated heterocycles. The molecule has 8 rings (SSSR count). The minimum Gasteiger partial charge on any atom is -0.494 e. The zero-order chi connectivity index (χ0) is 61.1. The van der Waals surface area contributed by atoms with E-state index in [9.17, 15) is 32.3 Å². The van der Waals surface area contributed by atoms with Crippen LogP contribution in [0.15, 0.2) is 114 Å². The number of likely N-dealkylation sites (N-methyl/N-ethyl adjacent to an activating group) is 4. The fourth-order valence-corrected chi connectivity index (χ4v) is 8.12. The van der Waals surface area contributed by atoms with Crippen molar-refractivity contribution in [3.05, 3.63) is 148 Å². The van der Waals surface area contributed by atoms with Crippen molar-refractivity contribution in [2.75, 3.05) is 114 Å². The first-order valence-corrected chi connectivity index (χ1v) is 25.7. The molecular weight excluding hydrogens is 1090 g/mol. The van der Waals surface area contributed by atoms with Crippen LogP contribution in [0.5, 0.6) is 34.8 Å². The highest BCUT2D eigenvalue weighted by atomic mass is 19.1. The normalized spacial score (nSPS) is 11.0. The molecule has 0 aliphatic rings. The van der Waals surface area contributed by atoms with Crippen molar-refractivity contribution in [1.82, 2.24) is 43.9 Å². The van der Waals surface area contributed by atoms with Gasteiger partial charge in [0.05, 0.1) is 66.3 Å². The van der Waals surface area contributed by atoms with Crippen LogP contribution in [0.3, 0.4) is 0 Å². The largest absolute Gasteiger partial charge is 0.494 e. The van der Waals surface area contributed by atoms with Gasteiger partial charge in [-0.2, -0.15) is 4.98 Å². The van der Waals surface area contributed by atoms with E-state index in [0.717, 1.165) is 30.9 Å². The SMILES string of the molecule is C=CC(=O)Nc1cc(Nc2cc3c(cn2)nc(Oc2ccc(F)cc2C)c(=O)n3C)c(OC)cc1N(C)CCN(C)C.C=CC(=O)Nc1cc(Nc2ncc3nc(Oc4ccc(F)cc4F)c(=O)n(C)c3n2)c(OC)cc1N(C)CCN(C)C. The fraction of sp³-hybridized carbons (Fsp3) is 0.259. The van der Waals surface area contributed by atoms with E-state index in [1.807, 2.05) is 63.1 Å². The third-order valence-corrected chi connectivity index (χ3v) is 12.8. The molecule has 440 valence electrons. The molecule has 84 heavy (non-hydrogen) atoms. The number of ether oxygens (including phenoxy) is 4. The molecule has 0 radical (unpaired) electrons. The summed E-state index contributed by atoms with van der Waals surface area (Å²) in [5, 5.41) is 12.0. The second-order valence-corrected chi connectivity index (χ2v) is 19.4. The number of halogens is 3. The van der Waals surface area contributed by atoms with Gasteiger partial charge >= 0.3 is 11.1 Å². The van der Waals surface area contributed by atoms with E-state index < -0.39 is 40.4 Å². The smallest absolute Gasteiger partial charge is 0.315 e. The van der Waals surface area contributed by atoms with E-state index in [1.165, 1.54) is 66.0 Å². The summed E-state index contributed by atoms with van der Waals surface area (Å²) in [7, 11) is 17.9. The van der Waals surface area contributed by atoms with Gasteiger partial charge in [0.2, 0.25) is 17.8 Å². The maximum absolute atomic E-state index is 14.1. The van der Waals surface area contributed by atoms with Crippen LogP contribution in [0.4, 0.5) is 59.1 Å². The lowest BCUT2D eigenvalue weighted by Crippen LogP contribution is -2.29. The van der Waals surface area contributed by atoms with Gasteiger partial charge in [0.25, 0.3) is 11.8 Å². The number of rotatable bonds is 22. The first-order valence-electron chi connectivity index (χ1n) is 25.7. The van der Waals surface area contributed by atoms with Gasteiger partial charge < -0.3 is 64.4 Å². The molecule has 0 aliphatic heterocycles. The van der Waals surface area contributed by atoms with Gasteiger partial charge in [-0.25, -0.2) is 33.1 Å². The zero-order valence-corrected chi connectivity index (χ0v) is 48.2. The van der Waals surface area contributed by atoms with E-state index in [2.05, 4.69) is 64.2 Å². The van der Waals surface area contributed by atoms with Crippen molar-refractivity contribution in [1.29, 1.82) is 0 Å². The molecule has 0 unspecified atom stereocenters. The number of nitrogens with one attached hydrogen (secondary N) is 4. The number of hydrogen-bond donors (Lipinski definition) is 4. The molecular formula is C58H64F3N15O8. The number of fused-ring (bicyclic) bond motifs is 2. The molecule has 8 aromatic rings. The Labute approximate surface area is 481 Å². The van der Waals surface area contributed by atoms with Gasteiger partial charge in [-0.15, -0.1) is 0 Å². The molecule has 23 nitrogen and oxygen atoms in total. The molecule has 0 aliphatic carbocycles. The van der Waals surface area contributed by atoms with Crippen LogP contribution in [0, 0.1) is 24.4 Å². The molecule has 26 heteroatoms. The highest BCUT2D eigenvalue weighted by Gasteiger charge is 2.21. The number of aryl methyl sites for hydroxylation is 3. The summed E-state index contributed by atoms with van der Waals surface area (Å²) in [5.74, 6) is -2.06. The first kappa shape index (κ1) is 61.5. The highest BCUT2D eigenvalue weighted by Crippen LogP contribution is 2.40. The molecule has 2 amide bonds. The van der Waals surface area contributed by atoms with Gasteiger partial charge in [0.1, 0.15) is 45.7 Å². The van der Waals surface area contributed by atoms with Crippen LogP contribution < -0.4 is 61.1 Å². The molecule has 0 spiro atoms. The molecule has 0 fully saturated rings. The molecule has 0 atom stereocenters. The Kier molecular flexibility index (Phi) is 19.9. The minimum atomic E-state index is -0.984. The third-order valence-electron chi connectivity index (χ3n) is 12.8. The van der Waals surface area contributed by atoms with Crippen molar-refractivity contribution in [2.24, 2.45) is 14.1 Å². The van der Waals surface area contributed by atoms with Crippen molar-refractivity contribution in [2.45, 2.75) is 6.92 Å². The van der Waals surface area contributed by atoms with Gasteiger partial charge in [0, 0.05) is 78.6 Å². The average Bonchev–Trinajstić information content (AvgIpc) is 2.36. The topological polar surface area (TPSA) is 241 Å². The number of aromatic nitrogens is 7. The lowest BCUT2D eigenvalue weighted by atomic mass is 10.2. The maximum atomic E-state index is 14.1. The number of amides is 2. The number of nitrogens with zero attached hydrogens (tertiary/aromatic N) is 11. The van der Waals surface area contributed by atoms with E-state index in [0.29, 0.717) is 87.3 Å². The Balaban J connectivity index is 0.000000241. The van der Waals surface area contributed by atoms with Gasteiger partial charge in [0.15, 0.2) is 17.2 Å². The Morgan fingerprint density at radius 2 is 1.10 bits per heavy atom. The second-order valence-electron chi connectivity index (χ2n) is 19.4. The van der Waals surface area contributed by atoms with Crippen LogP contribution >= 0.6 is 0 Å². The van der Waals surface area contributed by atoms with Crippen LogP contribution in [0.25, 0.3) is 22.2 Å². The van der Waals surface area contributed by atoms with Crippen molar-refractivity contribution in [3.63, 3.8) is 0 Å². The summed E-state index contributed by atoms with van der Waals surface area (Å²) < 4.78 is 65.8. The van der Waals surface area contributed by atoms with Crippen LogP contribution in [-0.4, -0.2) is 138 Å². The predicted octanol–water partition coefficient (Wildman–Crippen LogP) is 8.11. The standard InChI is InChI=1S/C30H34FN7O4.C28H30F2N8O4/c1-8-28(39)34-20-14-21(26(41-7)15-23(20)37(5)12-11-36(3)4)33-27-16-24-22(17-32-27)35-29(30(40)38(24)6)42-25-10-9-19(31)13-18(25)2;1-7-24(39)32-18-13-19(23(41-6)14-21(18)37(4)11-10-36(2)3)34-28-31-15-20-25(35-28)38(5)27(40)26(33-20)42-22-9-8-16(29)12-17(22)30/h8-10,13-17H,1,11-12H2,2-7H3,(H,32,33)(H,34,39);7-9,12-15H,1,10-11H2,2-6H3,(H,32,39)(H,31,34,35). The predicted molar refractivity (Wildman–Crippen MR) is 319 cm³/mol. The maximum Gasteiger partial charge on any atom is 0.315 e. The Bertz CT molecular complexity index is 3660. The molecule has 0 bridgehead atoms. The number of carbonyl (C=O) groups excluding carboxylic acids is 2. The van der Waals surface area contributed by atoms with Crippen molar-refractivity contribution < 1.29 is 41.7 Å². The lowest BCUT2D eigenvalue weighted by molar-refractivity contribution is -0.112. The first-order chi connectivity index (χ1) is 40.0. The number of methoxy groups -OCH3 is 2. The van der Waals surface area contributed by atoms with Gasteiger partial charge in [-0.3, -0.25) is 23.7 Å². The second kappa shape index (κ2) is 27.1. The molecule has 4 heterocycles. The lowest BCUT2D eigenvalue weighted by Gasteiger charge is -2.26. The Morgan fingerprint density at radius 3 is 1.62 bits per heavy atom.